The van der Waals surface area contributed by atoms with Crippen LogP contribution in [0, 0.1) is 0 Å². The highest BCUT2D eigenvalue weighted by Crippen LogP contribution is 1.99. The van der Waals surface area contributed by atoms with Gasteiger partial charge in [-0.15, -0.1) is 0 Å². The Balaban J connectivity index is 3.51. The number of nitrogens with zero attached hydrogens (tertiary/aromatic N) is 2. The summed E-state index contributed by atoms with van der Waals surface area (Å²) in [5, 5.41) is 0. The Morgan fingerprint density at radius 1 is 1.62 bits per heavy atom. The van der Waals surface area contributed by atoms with E-state index in [0.29, 0.717) is 6.42 Å². The van der Waals surface area contributed by atoms with Gasteiger partial charge in [-0.1, -0.05) is 24.3 Å². The van der Waals surface area contributed by atoms with E-state index in [0.717, 1.165) is 24.6 Å². The summed E-state index contributed by atoms with van der Waals surface area (Å²) in [5.74, 6) is -0.147. The van der Waals surface area contributed by atoms with Gasteiger partial charge in [0, 0.05) is 6.42 Å². The normalized spacial score (nSPS) is 9.62. The average molecular weight is 178 g/mol. The zero-order chi connectivity index (χ0) is 10.1. The van der Waals surface area contributed by atoms with Gasteiger partial charge in [0.05, 0.1) is 0 Å². The lowest BCUT2D eigenvalue weighted by molar-refractivity contribution is -0.116. The second kappa shape index (κ2) is 7.19. The maximum Gasteiger partial charge on any atom is 0.323 e. The molecule has 0 spiro atoms. The van der Waals surface area contributed by atoms with Gasteiger partial charge < -0.3 is 5.53 Å². The largest absolute Gasteiger partial charge is 0.361 e. The van der Waals surface area contributed by atoms with Crippen LogP contribution in [0.5, 0.6) is 0 Å². The zero-order valence-electron chi connectivity index (χ0n) is 7.86. The van der Waals surface area contributed by atoms with Crippen LogP contribution in [-0.2, 0) is 4.79 Å². The summed E-state index contributed by atoms with van der Waals surface area (Å²) in [5.41, 5.74) is 9.04. The lowest BCUT2D eigenvalue weighted by Crippen LogP contribution is -1.98. The number of rotatable bonds is 6. The molecule has 0 aromatic heterocycles. The van der Waals surface area contributed by atoms with Gasteiger partial charge in [0.25, 0.3) is 0 Å². The predicted molar refractivity (Wildman–Crippen MR) is 52.5 cm³/mol. The van der Waals surface area contributed by atoms with Crippen LogP contribution in [0.2, 0.25) is 0 Å². The number of carbonyl (C=O) groups excluding carboxylic acids is 1. The van der Waals surface area contributed by atoms with Gasteiger partial charge in [-0.25, -0.2) is 0 Å². The SMILES string of the molecule is C=C(C)/C=C/CCCC(=O)C=[N+]=[N-]. The first-order chi connectivity index (χ1) is 6.16. The van der Waals surface area contributed by atoms with Crippen LogP contribution in [0.3, 0.4) is 0 Å². The Morgan fingerprint density at radius 3 is 2.85 bits per heavy atom. The first kappa shape index (κ1) is 11.5. The molecular weight excluding hydrogens is 164 g/mol. The van der Waals surface area contributed by atoms with Gasteiger partial charge in [-0.2, -0.15) is 4.79 Å². The number of hydrogen-bond donors (Lipinski definition) is 0. The van der Waals surface area contributed by atoms with E-state index >= 15 is 0 Å². The molecule has 3 nitrogen and oxygen atoms in total. The van der Waals surface area contributed by atoms with Crippen molar-refractivity contribution < 1.29 is 9.58 Å². The molecule has 0 heterocycles. The van der Waals surface area contributed by atoms with Gasteiger partial charge in [-0.05, 0) is 19.8 Å². The molecule has 0 radical (unpaired) electrons. The minimum absolute atomic E-state index is 0.147. The molecule has 0 saturated carbocycles. The van der Waals surface area contributed by atoms with Crippen molar-refractivity contribution in [2.24, 2.45) is 0 Å². The summed E-state index contributed by atoms with van der Waals surface area (Å²) < 4.78 is 0. The molecular formula is C10H14N2O. The van der Waals surface area contributed by atoms with Gasteiger partial charge in [0.2, 0.25) is 5.78 Å². The molecule has 0 atom stereocenters. The number of allylic oxidation sites excluding steroid dienone is 3. The van der Waals surface area contributed by atoms with Crippen LogP contribution in [-0.4, -0.2) is 16.8 Å². The monoisotopic (exact) mass is 178 g/mol. The van der Waals surface area contributed by atoms with E-state index in [1.807, 2.05) is 19.1 Å². The molecule has 0 saturated heterocycles. The number of carbonyl (C=O) groups is 1. The summed E-state index contributed by atoms with van der Waals surface area (Å²) >= 11 is 0. The molecule has 0 aliphatic heterocycles. The molecule has 0 rings (SSSR count). The molecule has 0 aliphatic rings. The van der Waals surface area contributed by atoms with E-state index < -0.39 is 0 Å². The van der Waals surface area contributed by atoms with E-state index in [1.54, 1.807) is 0 Å². The van der Waals surface area contributed by atoms with Gasteiger partial charge in [-0.3, -0.25) is 4.79 Å². The number of Topliss-reactive ketones (excluding diaryl/α,β-unsaturated/α-hetero) is 1. The highest BCUT2D eigenvalue weighted by molar-refractivity contribution is 6.25. The van der Waals surface area contributed by atoms with Crippen LogP contribution in [0.4, 0.5) is 0 Å². The van der Waals surface area contributed by atoms with Crippen LogP contribution in [0.25, 0.3) is 5.53 Å². The highest BCUT2D eigenvalue weighted by Gasteiger charge is 1.99. The Bertz CT molecular complexity index is 260. The first-order valence-corrected chi connectivity index (χ1v) is 4.19. The van der Waals surface area contributed by atoms with Crippen molar-refractivity contribution in [2.75, 3.05) is 0 Å². The zero-order valence-corrected chi connectivity index (χ0v) is 7.86. The van der Waals surface area contributed by atoms with Crippen LogP contribution in [0.1, 0.15) is 26.2 Å². The number of unbranched alkanes of at least 4 members (excludes halogenated alkanes) is 1. The minimum Gasteiger partial charge on any atom is -0.361 e. The minimum atomic E-state index is -0.147. The fraction of sp³-hybridized carbons (Fsp3) is 0.400. The van der Waals surface area contributed by atoms with Gasteiger partial charge in [0.15, 0.2) is 0 Å². The predicted octanol–water partition coefficient (Wildman–Crippen LogP) is 2.16. The standard InChI is InChI=1S/C10H14N2O/c1-9(2)6-4-3-5-7-10(13)8-12-11/h4,6,8H,1,3,5,7H2,2H3/b6-4+. The van der Waals surface area contributed by atoms with Crippen molar-refractivity contribution in [2.45, 2.75) is 26.2 Å². The lowest BCUT2D eigenvalue weighted by Gasteiger charge is -1.89. The summed E-state index contributed by atoms with van der Waals surface area (Å²) in [6, 6.07) is 0. The highest BCUT2D eigenvalue weighted by atomic mass is 16.1. The molecule has 0 aromatic carbocycles. The Morgan fingerprint density at radius 2 is 2.31 bits per heavy atom. The average Bonchev–Trinajstić information content (AvgIpc) is 2.03. The van der Waals surface area contributed by atoms with E-state index in [2.05, 4.69) is 11.4 Å². The second-order valence-corrected chi connectivity index (χ2v) is 2.85. The molecule has 0 unspecified atom stereocenters. The second-order valence-electron chi connectivity index (χ2n) is 2.85. The molecule has 0 aliphatic carbocycles. The lowest BCUT2D eigenvalue weighted by atomic mass is 10.1. The fourth-order valence-electron chi connectivity index (χ4n) is 0.808. The van der Waals surface area contributed by atoms with Crippen LogP contribution < -0.4 is 0 Å². The fourth-order valence-corrected chi connectivity index (χ4v) is 0.808. The maximum atomic E-state index is 10.8. The summed E-state index contributed by atoms with van der Waals surface area (Å²) in [6.45, 7) is 5.63. The summed E-state index contributed by atoms with van der Waals surface area (Å²) in [4.78, 5) is 13.4. The van der Waals surface area contributed by atoms with Crippen LogP contribution >= 0.6 is 0 Å². The molecule has 0 amide bonds. The first-order valence-electron chi connectivity index (χ1n) is 4.19. The van der Waals surface area contributed by atoms with Crippen molar-refractivity contribution in [3.63, 3.8) is 0 Å². The smallest absolute Gasteiger partial charge is 0.323 e. The molecule has 0 N–H and O–H groups in total. The Labute approximate surface area is 78.4 Å². The van der Waals surface area contributed by atoms with E-state index in [1.165, 1.54) is 0 Å². The van der Waals surface area contributed by atoms with E-state index in [4.69, 9.17) is 5.53 Å². The Kier molecular flexibility index (Phi) is 6.38. The van der Waals surface area contributed by atoms with Crippen molar-refractivity contribution in [3.8, 4) is 0 Å². The van der Waals surface area contributed by atoms with Gasteiger partial charge in [0.1, 0.15) is 0 Å². The van der Waals surface area contributed by atoms with Crippen molar-refractivity contribution in [1.82, 2.24) is 0 Å². The van der Waals surface area contributed by atoms with E-state index in [-0.39, 0.29) is 5.78 Å². The molecule has 70 valence electrons. The van der Waals surface area contributed by atoms with Crippen molar-refractivity contribution in [1.29, 1.82) is 0 Å². The summed E-state index contributed by atoms with van der Waals surface area (Å²) in [7, 11) is 0. The third-order valence-corrected chi connectivity index (χ3v) is 1.40. The molecule has 3 heteroatoms. The molecule has 13 heavy (non-hydrogen) atoms. The molecule has 0 fully saturated rings. The van der Waals surface area contributed by atoms with Crippen LogP contribution in [0.15, 0.2) is 24.3 Å². The van der Waals surface area contributed by atoms with Crippen molar-refractivity contribution >= 4 is 12.0 Å². The Hall–Kier alpha value is -1.47. The topological polar surface area (TPSA) is 53.5 Å². The molecule has 0 aromatic rings. The van der Waals surface area contributed by atoms with Gasteiger partial charge >= 0.3 is 6.21 Å². The summed E-state index contributed by atoms with van der Waals surface area (Å²) in [6.07, 6.45) is 6.87. The quantitative estimate of drug-likeness (QED) is 0.202. The number of hydrogen-bond acceptors (Lipinski definition) is 1. The third kappa shape index (κ3) is 8.44. The van der Waals surface area contributed by atoms with Crippen molar-refractivity contribution in [3.05, 3.63) is 29.8 Å². The molecule has 0 bridgehead atoms. The maximum absolute atomic E-state index is 10.8. The van der Waals surface area contributed by atoms with E-state index in [9.17, 15) is 4.79 Å². The third-order valence-electron chi connectivity index (χ3n) is 1.40. The number of ketones is 1.